The molecule has 1 amide bonds. The fraction of sp³-hybridized carbons (Fsp3) is 0.917. The van der Waals surface area contributed by atoms with Crippen LogP contribution < -0.4 is 5.73 Å². The summed E-state index contributed by atoms with van der Waals surface area (Å²) in [6.45, 7) is 2.61. The van der Waals surface area contributed by atoms with Crippen molar-refractivity contribution in [3.63, 3.8) is 0 Å². The van der Waals surface area contributed by atoms with E-state index in [2.05, 4.69) is 0 Å². The molecule has 88 valence electrons. The van der Waals surface area contributed by atoms with Gasteiger partial charge in [0.05, 0.1) is 0 Å². The summed E-state index contributed by atoms with van der Waals surface area (Å²) in [5.41, 5.74) is 5.67. The largest absolute Gasteiger partial charge is 0.344 e. The van der Waals surface area contributed by atoms with E-state index in [-0.39, 0.29) is 11.9 Å². The Morgan fingerprint density at radius 1 is 1.40 bits per heavy atom. The Labute approximate surface area is 93.0 Å². The minimum atomic E-state index is 0.0744. The van der Waals surface area contributed by atoms with Gasteiger partial charge in [0.25, 0.3) is 0 Å². The molecule has 1 aliphatic rings. The van der Waals surface area contributed by atoms with Gasteiger partial charge in [-0.05, 0) is 25.7 Å². The molecule has 3 nitrogen and oxygen atoms in total. The number of amides is 1. The molecule has 0 aliphatic heterocycles. The van der Waals surface area contributed by atoms with E-state index in [9.17, 15) is 4.79 Å². The standard InChI is InChI=1S/C12H24N2O/c1-10(13)9-14(2)12(15)8-11-6-4-3-5-7-11/h10-11H,3-9,13H2,1-2H3. The van der Waals surface area contributed by atoms with Crippen LogP contribution in [0.25, 0.3) is 0 Å². The highest BCUT2D eigenvalue weighted by molar-refractivity contribution is 5.76. The summed E-state index contributed by atoms with van der Waals surface area (Å²) in [4.78, 5) is 13.6. The molecule has 0 spiro atoms. The highest BCUT2D eigenvalue weighted by atomic mass is 16.2. The van der Waals surface area contributed by atoms with Crippen molar-refractivity contribution < 1.29 is 4.79 Å². The Morgan fingerprint density at radius 3 is 2.53 bits per heavy atom. The molecule has 0 heterocycles. The summed E-state index contributed by atoms with van der Waals surface area (Å²) < 4.78 is 0. The fourth-order valence-electron chi connectivity index (χ4n) is 2.33. The number of carbonyl (C=O) groups is 1. The second kappa shape index (κ2) is 6.11. The number of carbonyl (C=O) groups excluding carboxylic acids is 1. The van der Waals surface area contributed by atoms with Crippen molar-refractivity contribution >= 4 is 5.91 Å². The monoisotopic (exact) mass is 212 g/mol. The number of nitrogens with zero attached hydrogens (tertiary/aromatic N) is 1. The van der Waals surface area contributed by atoms with E-state index in [1.54, 1.807) is 4.90 Å². The van der Waals surface area contributed by atoms with Crippen LogP contribution in [0.15, 0.2) is 0 Å². The van der Waals surface area contributed by atoms with Crippen LogP contribution in [0.2, 0.25) is 0 Å². The van der Waals surface area contributed by atoms with Crippen LogP contribution in [-0.2, 0) is 4.79 Å². The van der Waals surface area contributed by atoms with E-state index in [0.717, 1.165) is 6.42 Å². The number of hydrogen-bond donors (Lipinski definition) is 1. The van der Waals surface area contributed by atoms with E-state index >= 15 is 0 Å². The summed E-state index contributed by atoms with van der Waals surface area (Å²) in [7, 11) is 1.86. The lowest BCUT2D eigenvalue weighted by atomic mass is 9.87. The van der Waals surface area contributed by atoms with Crippen molar-refractivity contribution in [1.82, 2.24) is 4.90 Å². The van der Waals surface area contributed by atoms with Gasteiger partial charge in [0.2, 0.25) is 5.91 Å². The van der Waals surface area contributed by atoms with Crippen LogP contribution in [0, 0.1) is 5.92 Å². The Bertz CT molecular complexity index is 198. The molecule has 1 atom stereocenters. The van der Waals surface area contributed by atoms with Gasteiger partial charge in [-0.25, -0.2) is 0 Å². The number of rotatable bonds is 4. The molecule has 1 unspecified atom stereocenters. The van der Waals surface area contributed by atoms with Crippen molar-refractivity contribution in [3.8, 4) is 0 Å². The van der Waals surface area contributed by atoms with Gasteiger partial charge in [-0.2, -0.15) is 0 Å². The summed E-state index contributed by atoms with van der Waals surface area (Å²) in [6, 6.07) is 0.0744. The van der Waals surface area contributed by atoms with E-state index in [1.165, 1.54) is 32.1 Å². The van der Waals surface area contributed by atoms with Crippen LogP contribution in [0.3, 0.4) is 0 Å². The summed E-state index contributed by atoms with van der Waals surface area (Å²) in [5.74, 6) is 0.890. The van der Waals surface area contributed by atoms with Crippen molar-refractivity contribution in [2.75, 3.05) is 13.6 Å². The van der Waals surface area contributed by atoms with E-state index in [1.807, 2.05) is 14.0 Å². The maximum absolute atomic E-state index is 11.8. The molecule has 0 aromatic heterocycles. The van der Waals surface area contributed by atoms with Crippen molar-refractivity contribution in [3.05, 3.63) is 0 Å². The molecular formula is C12H24N2O. The molecule has 0 radical (unpaired) electrons. The highest BCUT2D eigenvalue weighted by Crippen LogP contribution is 2.26. The SMILES string of the molecule is CC(N)CN(C)C(=O)CC1CCCCC1. The van der Waals surface area contributed by atoms with E-state index < -0.39 is 0 Å². The average Bonchev–Trinajstić information content (AvgIpc) is 2.18. The first kappa shape index (κ1) is 12.5. The summed E-state index contributed by atoms with van der Waals surface area (Å²) >= 11 is 0. The van der Waals surface area contributed by atoms with Gasteiger partial charge in [0.1, 0.15) is 0 Å². The van der Waals surface area contributed by atoms with Crippen molar-refractivity contribution in [1.29, 1.82) is 0 Å². The molecule has 1 aliphatic carbocycles. The van der Waals surface area contributed by atoms with Crippen LogP contribution in [-0.4, -0.2) is 30.4 Å². The maximum atomic E-state index is 11.8. The molecule has 0 aromatic rings. The normalized spacial score (nSPS) is 19.9. The first-order chi connectivity index (χ1) is 7.09. The lowest BCUT2D eigenvalue weighted by Crippen LogP contribution is -2.37. The number of nitrogens with two attached hydrogens (primary N) is 1. The van der Waals surface area contributed by atoms with Crippen LogP contribution in [0.5, 0.6) is 0 Å². The summed E-state index contributed by atoms with van der Waals surface area (Å²) in [5, 5.41) is 0. The maximum Gasteiger partial charge on any atom is 0.222 e. The third kappa shape index (κ3) is 4.65. The van der Waals surface area contributed by atoms with E-state index in [0.29, 0.717) is 12.5 Å². The molecule has 1 fully saturated rings. The molecule has 1 rings (SSSR count). The van der Waals surface area contributed by atoms with Gasteiger partial charge >= 0.3 is 0 Å². The van der Waals surface area contributed by atoms with Gasteiger partial charge in [-0.15, -0.1) is 0 Å². The molecule has 0 aromatic carbocycles. The second-order valence-electron chi connectivity index (χ2n) is 4.96. The minimum absolute atomic E-state index is 0.0744. The zero-order valence-electron chi connectivity index (χ0n) is 10.0. The Morgan fingerprint density at radius 2 is 2.00 bits per heavy atom. The van der Waals surface area contributed by atoms with Crippen molar-refractivity contribution in [2.24, 2.45) is 11.7 Å². The van der Waals surface area contributed by atoms with Gasteiger partial charge in [-0.1, -0.05) is 19.3 Å². The quantitative estimate of drug-likeness (QED) is 0.772. The van der Waals surface area contributed by atoms with Gasteiger partial charge in [0.15, 0.2) is 0 Å². The molecule has 3 heteroatoms. The Hall–Kier alpha value is -0.570. The summed E-state index contributed by atoms with van der Waals surface area (Å²) in [6.07, 6.45) is 7.14. The van der Waals surface area contributed by atoms with Crippen LogP contribution in [0.1, 0.15) is 45.4 Å². The van der Waals surface area contributed by atoms with Crippen LogP contribution in [0.4, 0.5) is 0 Å². The first-order valence-corrected chi connectivity index (χ1v) is 6.09. The zero-order chi connectivity index (χ0) is 11.3. The Kier molecular flexibility index (Phi) is 5.09. The average molecular weight is 212 g/mol. The number of likely N-dealkylation sites (N-methyl/N-ethyl adjacent to an activating group) is 1. The molecular weight excluding hydrogens is 188 g/mol. The zero-order valence-corrected chi connectivity index (χ0v) is 10.0. The van der Waals surface area contributed by atoms with E-state index in [4.69, 9.17) is 5.73 Å². The third-order valence-corrected chi connectivity index (χ3v) is 3.18. The van der Waals surface area contributed by atoms with Crippen molar-refractivity contribution in [2.45, 2.75) is 51.5 Å². The van der Waals surface area contributed by atoms with Gasteiger partial charge in [0, 0.05) is 26.1 Å². The predicted molar refractivity (Wildman–Crippen MR) is 62.5 cm³/mol. The molecule has 1 saturated carbocycles. The molecule has 2 N–H and O–H groups in total. The Balaban J connectivity index is 2.27. The lowest BCUT2D eigenvalue weighted by molar-refractivity contribution is -0.131. The first-order valence-electron chi connectivity index (χ1n) is 6.09. The molecule has 0 saturated heterocycles. The third-order valence-electron chi connectivity index (χ3n) is 3.18. The lowest BCUT2D eigenvalue weighted by Gasteiger charge is -2.25. The topological polar surface area (TPSA) is 46.3 Å². The fourth-order valence-corrected chi connectivity index (χ4v) is 2.33. The second-order valence-corrected chi connectivity index (χ2v) is 4.96. The van der Waals surface area contributed by atoms with Gasteiger partial charge in [-0.3, -0.25) is 4.79 Å². The molecule has 0 bridgehead atoms. The molecule has 15 heavy (non-hydrogen) atoms. The highest BCUT2D eigenvalue weighted by Gasteiger charge is 2.19. The predicted octanol–water partition coefficient (Wildman–Crippen LogP) is 1.76. The number of hydrogen-bond acceptors (Lipinski definition) is 2. The van der Waals surface area contributed by atoms with Gasteiger partial charge < -0.3 is 10.6 Å². The minimum Gasteiger partial charge on any atom is -0.344 e. The van der Waals surface area contributed by atoms with Crippen LogP contribution >= 0.6 is 0 Å². The smallest absolute Gasteiger partial charge is 0.222 e.